The minimum Gasteiger partial charge on any atom is -0.271 e. The molecule has 0 aliphatic rings. The Labute approximate surface area is 108 Å². The largest absolute Gasteiger partial charge is 0.271 e. The van der Waals surface area contributed by atoms with Crippen molar-refractivity contribution in [1.29, 1.82) is 0 Å². The summed E-state index contributed by atoms with van der Waals surface area (Å²) >= 11 is 0. The molecule has 0 heterocycles. The van der Waals surface area contributed by atoms with Crippen LogP contribution >= 0.6 is 0 Å². The Hall–Kier alpha value is -1.72. The fraction of sp³-hybridized carbons (Fsp3) is 0.143. The van der Waals surface area contributed by atoms with Crippen LogP contribution in [0.2, 0.25) is 0 Å². The highest BCUT2D eigenvalue weighted by molar-refractivity contribution is 5.14. The molecule has 18 heavy (non-hydrogen) atoms. The van der Waals surface area contributed by atoms with Crippen LogP contribution in [0, 0.1) is 0 Å². The van der Waals surface area contributed by atoms with E-state index in [2.05, 4.69) is 10.9 Å². The van der Waals surface area contributed by atoms with Crippen LogP contribution in [-0.4, -0.2) is 0 Å². The standard InChI is InChI=1S/2C7H10N2/c2*8-9-6-7-4-2-1-3-5-7/h2*1-5,9H,6,8H2. The lowest BCUT2D eigenvalue weighted by Crippen LogP contribution is -2.20. The number of hydrogen-bond acceptors (Lipinski definition) is 4. The van der Waals surface area contributed by atoms with Gasteiger partial charge in [0.15, 0.2) is 0 Å². The van der Waals surface area contributed by atoms with Crippen LogP contribution < -0.4 is 22.5 Å². The van der Waals surface area contributed by atoms with Crippen LogP contribution in [0.4, 0.5) is 0 Å². The molecule has 0 radical (unpaired) electrons. The van der Waals surface area contributed by atoms with Gasteiger partial charge in [0.05, 0.1) is 0 Å². The van der Waals surface area contributed by atoms with Crippen molar-refractivity contribution in [3.8, 4) is 0 Å². The molecule has 4 heteroatoms. The molecule has 0 atom stereocenters. The third kappa shape index (κ3) is 6.12. The van der Waals surface area contributed by atoms with E-state index in [9.17, 15) is 0 Å². The van der Waals surface area contributed by atoms with Gasteiger partial charge in [0.2, 0.25) is 0 Å². The normalized spacial score (nSPS) is 9.44. The Morgan fingerprint density at radius 3 is 1.22 bits per heavy atom. The zero-order valence-corrected chi connectivity index (χ0v) is 10.3. The first-order chi connectivity index (χ1) is 8.86. The SMILES string of the molecule is NNCc1ccccc1.NNCc1ccccc1. The van der Waals surface area contributed by atoms with Crippen molar-refractivity contribution in [1.82, 2.24) is 10.9 Å². The van der Waals surface area contributed by atoms with Crippen molar-refractivity contribution in [2.45, 2.75) is 13.1 Å². The molecule has 0 saturated carbocycles. The van der Waals surface area contributed by atoms with E-state index in [4.69, 9.17) is 11.7 Å². The highest BCUT2D eigenvalue weighted by Crippen LogP contribution is 1.95. The van der Waals surface area contributed by atoms with Gasteiger partial charge in [-0.1, -0.05) is 60.7 Å². The van der Waals surface area contributed by atoms with Gasteiger partial charge in [-0.2, -0.15) is 0 Å². The summed E-state index contributed by atoms with van der Waals surface area (Å²) in [6.07, 6.45) is 0. The van der Waals surface area contributed by atoms with Crippen molar-refractivity contribution in [3.05, 3.63) is 71.8 Å². The molecule has 4 nitrogen and oxygen atoms in total. The maximum Gasteiger partial charge on any atom is 0.0348 e. The summed E-state index contributed by atoms with van der Waals surface area (Å²) in [5.41, 5.74) is 7.58. The van der Waals surface area contributed by atoms with Crippen molar-refractivity contribution >= 4 is 0 Å². The molecule has 0 fully saturated rings. The number of nitrogens with one attached hydrogen (secondary N) is 2. The second kappa shape index (κ2) is 9.32. The topological polar surface area (TPSA) is 76.1 Å². The van der Waals surface area contributed by atoms with Gasteiger partial charge < -0.3 is 0 Å². The molecule has 2 aromatic carbocycles. The van der Waals surface area contributed by atoms with Gasteiger partial charge in [0.25, 0.3) is 0 Å². The molecule has 0 spiro atoms. The second-order valence-corrected chi connectivity index (χ2v) is 3.73. The predicted molar refractivity (Wildman–Crippen MR) is 74.9 cm³/mol. The summed E-state index contributed by atoms with van der Waals surface area (Å²) in [5.74, 6) is 10.2. The van der Waals surface area contributed by atoms with Gasteiger partial charge in [0.1, 0.15) is 0 Å². The van der Waals surface area contributed by atoms with E-state index in [1.165, 1.54) is 11.1 Å². The minimum absolute atomic E-state index is 0.737. The zero-order valence-electron chi connectivity index (χ0n) is 10.3. The van der Waals surface area contributed by atoms with E-state index in [-0.39, 0.29) is 0 Å². The van der Waals surface area contributed by atoms with Crippen LogP contribution in [0.25, 0.3) is 0 Å². The van der Waals surface area contributed by atoms with Crippen molar-refractivity contribution in [2.24, 2.45) is 11.7 Å². The molecule has 96 valence electrons. The minimum atomic E-state index is 0.737. The first-order valence-corrected chi connectivity index (χ1v) is 5.81. The smallest absolute Gasteiger partial charge is 0.0348 e. The Balaban J connectivity index is 0.000000180. The van der Waals surface area contributed by atoms with Gasteiger partial charge in [-0.3, -0.25) is 22.5 Å². The molecule has 0 bridgehead atoms. The summed E-state index contributed by atoms with van der Waals surface area (Å²) in [6.45, 7) is 1.47. The molecular weight excluding hydrogens is 224 g/mol. The molecule has 0 aliphatic heterocycles. The molecule has 6 N–H and O–H groups in total. The Bertz CT molecular complexity index is 361. The molecule has 0 saturated heterocycles. The number of rotatable bonds is 4. The molecule has 0 amide bonds. The third-order valence-electron chi connectivity index (χ3n) is 2.30. The first kappa shape index (κ1) is 14.3. The maximum absolute atomic E-state index is 5.11. The van der Waals surface area contributed by atoms with E-state index >= 15 is 0 Å². The lowest BCUT2D eigenvalue weighted by Gasteiger charge is -1.95. The quantitative estimate of drug-likeness (QED) is 0.483. The van der Waals surface area contributed by atoms with Crippen molar-refractivity contribution in [3.63, 3.8) is 0 Å². The van der Waals surface area contributed by atoms with Crippen LogP contribution in [0.3, 0.4) is 0 Å². The van der Waals surface area contributed by atoms with Gasteiger partial charge in [0, 0.05) is 13.1 Å². The highest BCUT2D eigenvalue weighted by Gasteiger charge is 1.84. The van der Waals surface area contributed by atoms with Crippen LogP contribution in [0.15, 0.2) is 60.7 Å². The van der Waals surface area contributed by atoms with E-state index in [0.29, 0.717) is 0 Å². The lowest BCUT2D eigenvalue weighted by atomic mass is 10.2. The van der Waals surface area contributed by atoms with Gasteiger partial charge in [-0.25, -0.2) is 0 Å². The van der Waals surface area contributed by atoms with Gasteiger partial charge >= 0.3 is 0 Å². The van der Waals surface area contributed by atoms with E-state index in [1.54, 1.807) is 0 Å². The average molecular weight is 244 g/mol. The average Bonchev–Trinajstić information content (AvgIpc) is 2.43. The van der Waals surface area contributed by atoms with Gasteiger partial charge in [-0.15, -0.1) is 0 Å². The first-order valence-electron chi connectivity index (χ1n) is 5.81. The van der Waals surface area contributed by atoms with Crippen molar-refractivity contribution < 1.29 is 0 Å². The Morgan fingerprint density at radius 1 is 0.611 bits per heavy atom. The summed E-state index contributed by atoms with van der Waals surface area (Å²) in [6, 6.07) is 20.1. The summed E-state index contributed by atoms with van der Waals surface area (Å²) in [7, 11) is 0. The molecule has 0 aromatic heterocycles. The summed E-state index contributed by atoms with van der Waals surface area (Å²) in [4.78, 5) is 0. The lowest BCUT2D eigenvalue weighted by molar-refractivity contribution is 0.741. The molecule has 2 aromatic rings. The number of nitrogens with two attached hydrogens (primary N) is 2. The fourth-order valence-electron chi connectivity index (χ4n) is 1.43. The second-order valence-electron chi connectivity index (χ2n) is 3.73. The van der Waals surface area contributed by atoms with E-state index in [0.717, 1.165) is 13.1 Å². The van der Waals surface area contributed by atoms with Crippen LogP contribution in [0.5, 0.6) is 0 Å². The molecule has 0 unspecified atom stereocenters. The maximum atomic E-state index is 5.11. The number of hydrogen-bond donors (Lipinski definition) is 4. The third-order valence-corrected chi connectivity index (χ3v) is 2.30. The Kier molecular flexibility index (Phi) is 7.43. The van der Waals surface area contributed by atoms with Crippen LogP contribution in [-0.2, 0) is 13.1 Å². The van der Waals surface area contributed by atoms with Gasteiger partial charge in [-0.05, 0) is 11.1 Å². The molecule has 0 aliphatic carbocycles. The Morgan fingerprint density at radius 2 is 0.944 bits per heavy atom. The highest BCUT2D eigenvalue weighted by atomic mass is 15.2. The monoisotopic (exact) mass is 244 g/mol. The number of hydrazine groups is 2. The fourth-order valence-corrected chi connectivity index (χ4v) is 1.43. The summed E-state index contributed by atoms with van der Waals surface area (Å²) in [5, 5.41) is 0. The summed E-state index contributed by atoms with van der Waals surface area (Å²) < 4.78 is 0. The predicted octanol–water partition coefficient (Wildman–Crippen LogP) is 1.30. The molecular formula is C14H20N4. The van der Waals surface area contributed by atoms with Crippen LogP contribution in [0.1, 0.15) is 11.1 Å². The van der Waals surface area contributed by atoms with E-state index < -0.39 is 0 Å². The molecule has 2 rings (SSSR count). The van der Waals surface area contributed by atoms with E-state index in [1.807, 2.05) is 60.7 Å². The van der Waals surface area contributed by atoms with Crippen molar-refractivity contribution in [2.75, 3.05) is 0 Å². The number of benzene rings is 2. The zero-order chi connectivity index (χ0) is 13.1.